The van der Waals surface area contributed by atoms with E-state index in [4.69, 9.17) is 39.7 Å². The van der Waals surface area contributed by atoms with Crippen molar-refractivity contribution in [1.29, 1.82) is 0 Å². The van der Waals surface area contributed by atoms with Gasteiger partial charge in [-0.1, -0.05) is 12.1 Å². The molecule has 0 spiro atoms. The van der Waals surface area contributed by atoms with E-state index in [9.17, 15) is 31.1 Å². The molecule has 0 saturated heterocycles. The second-order valence-electron chi connectivity index (χ2n) is 9.20. The van der Waals surface area contributed by atoms with Crippen LogP contribution >= 0.6 is 0 Å². The van der Waals surface area contributed by atoms with Gasteiger partial charge in [0.15, 0.2) is 11.5 Å². The molecule has 1 aliphatic rings. The zero-order chi connectivity index (χ0) is 35.5. The largest absolute Gasteiger partial charge is 0.542 e. The van der Waals surface area contributed by atoms with E-state index in [0.717, 1.165) is 0 Å². The number of fused-ring (bicyclic) bond motifs is 1. The summed E-state index contributed by atoms with van der Waals surface area (Å²) < 4.78 is 95.3. The lowest BCUT2D eigenvalue weighted by Crippen LogP contribution is -2.40. The molecule has 20 heteroatoms. The number of nitrogens with zero attached hydrogens (tertiary/aromatic N) is 3. The molecule has 1 atom stereocenters. The van der Waals surface area contributed by atoms with Gasteiger partial charge in [-0.25, -0.2) is 14.4 Å². The lowest BCUT2D eigenvalue weighted by atomic mass is 10.1. The lowest BCUT2D eigenvalue weighted by Gasteiger charge is -2.26. The minimum atomic E-state index is -5.19. The average molecular weight is 680 g/mol. The quantitative estimate of drug-likeness (QED) is 0.340. The third kappa shape index (κ3) is 12.1. The first kappa shape index (κ1) is 37.8. The van der Waals surface area contributed by atoms with Gasteiger partial charge in [-0.2, -0.15) is 26.3 Å². The second kappa shape index (κ2) is 16.2. The van der Waals surface area contributed by atoms with Crippen molar-refractivity contribution >= 4 is 29.5 Å². The number of aromatic nitrogens is 2. The van der Waals surface area contributed by atoms with Gasteiger partial charge in [-0.15, -0.1) is 0 Å². The van der Waals surface area contributed by atoms with Gasteiger partial charge in [-0.3, -0.25) is 4.79 Å². The first-order valence-electron chi connectivity index (χ1n) is 12.7. The molecule has 1 aliphatic heterocycles. The third-order valence-electron chi connectivity index (χ3n) is 5.34. The maximum absolute atomic E-state index is 15.0. The number of nitrogens with one attached hydrogen (secondary N) is 1. The van der Waals surface area contributed by atoms with Crippen LogP contribution in [-0.4, -0.2) is 85.0 Å². The number of carbonyl (C=O) groups is 3. The Morgan fingerprint density at radius 1 is 1.02 bits per heavy atom. The number of ether oxygens (including phenoxy) is 3. The van der Waals surface area contributed by atoms with E-state index < -0.39 is 42.1 Å². The molecule has 4 rings (SSSR count). The van der Waals surface area contributed by atoms with Crippen LogP contribution < -0.4 is 35.5 Å². The van der Waals surface area contributed by atoms with Crippen molar-refractivity contribution in [3.8, 4) is 28.5 Å². The highest BCUT2D eigenvalue weighted by Crippen LogP contribution is 2.35. The van der Waals surface area contributed by atoms with E-state index in [1.54, 1.807) is 24.3 Å². The molecular weight excluding hydrogens is 655 g/mol. The summed E-state index contributed by atoms with van der Waals surface area (Å²) >= 11 is 0. The third-order valence-corrected chi connectivity index (χ3v) is 5.34. The maximum Gasteiger partial charge on any atom is 0.430 e. The van der Waals surface area contributed by atoms with E-state index in [1.807, 2.05) is 25.1 Å². The number of halogens is 7. The molecule has 0 fully saturated rings. The Hall–Kier alpha value is -5.40. The number of likely N-dealkylation sites (N-methyl/N-ethyl adjacent to an activating group) is 1. The number of hydrogen-bond acceptors (Lipinski definition) is 12. The number of nitrogen functional groups attached to an aromatic ring is 1. The summed E-state index contributed by atoms with van der Waals surface area (Å²) in [6, 6.07) is 11.3. The van der Waals surface area contributed by atoms with Gasteiger partial charge in [0.1, 0.15) is 36.7 Å². The summed E-state index contributed by atoms with van der Waals surface area (Å²) in [5.74, 6) is -5.76. The van der Waals surface area contributed by atoms with Crippen molar-refractivity contribution in [3.63, 3.8) is 0 Å². The number of carboxylic acid groups (broad SMARTS) is 2. The molecule has 0 bridgehead atoms. The summed E-state index contributed by atoms with van der Waals surface area (Å²) in [6.45, 7) is 0.973. The molecule has 47 heavy (non-hydrogen) atoms. The van der Waals surface area contributed by atoms with Gasteiger partial charge in [0.25, 0.3) is 5.91 Å². The minimum Gasteiger partial charge on any atom is -0.542 e. The Kier molecular flexibility index (Phi) is 13.1. The van der Waals surface area contributed by atoms with E-state index in [1.165, 1.54) is 18.3 Å². The van der Waals surface area contributed by atoms with Crippen molar-refractivity contribution in [3.05, 3.63) is 54.5 Å². The van der Waals surface area contributed by atoms with Gasteiger partial charge in [0.2, 0.25) is 12.1 Å². The Bertz CT molecular complexity index is 1530. The van der Waals surface area contributed by atoms with Gasteiger partial charge >= 0.3 is 12.4 Å². The molecule has 0 aliphatic carbocycles. The normalized spacial score (nSPS) is 13.7. The Morgan fingerprint density at radius 2 is 1.60 bits per heavy atom. The molecule has 3 aromatic rings. The minimum absolute atomic E-state index is 0.0223. The summed E-state index contributed by atoms with van der Waals surface area (Å²) in [6.07, 6.45) is -9.85. The highest BCUT2D eigenvalue weighted by Gasteiger charge is 2.30. The van der Waals surface area contributed by atoms with Gasteiger partial charge < -0.3 is 50.0 Å². The van der Waals surface area contributed by atoms with Crippen LogP contribution in [-0.2, 0) is 14.4 Å². The van der Waals surface area contributed by atoms with Crippen LogP contribution in [0.15, 0.2) is 48.7 Å². The number of hydrogen-bond donors (Lipinski definition) is 2. The number of nitrogens with two attached hydrogens (primary N) is 1. The molecule has 13 nitrogen and oxygen atoms in total. The zero-order valence-corrected chi connectivity index (χ0v) is 24.1. The summed E-state index contributed by atoms with van der Waals surface area (Å²) in [5, 5.41) is 20.3. The molecular formula is C27H24F7N5O8-2. The number of rotatable bonds is 7. The van der Waals surface area contributed by atoms with Crippen molar-refractivity contribution in [1.82, 2.24) is 14.9 Å². The van der Waals surface area contributed by atoms with Crippen LogP contribution in [0, 0.1) is 5.82 Å². The summed E-state index contributed by atoms with van der Waals surface area (Å²) in [7, 11) is 3.81. The number of carboxylic acids is 2. The molecule has 0 saturated carbocycles. The molecule has 1 unspecified atom stereocenters. The first-order valence-corrected chi connectivity index (χ1v) is 12.7. The van der Waals surface area contributed by atoms with Crippen LogP contribution in [0.1, 0.15) is 0 Å². The maximum atomic E-state index is 15.0. The summed E-state index contributed by atoms with van der Waals surface area (Å²) in [5.41, 5.74) is 6.29. The molecule has 1 aromatic heterocycles. The van der Waals surface area contributed by atoms with Crippen LogP contribution in [0.3, 0.4) is 0 Å². The van der Waals surface area contributed by atoms with E-state index in [0.29, 0.717) is 30.3 Å². The van der Waals surface area contributed by atoms with Crippen molar-refractivity contribution in [2.24, 2.45) is 0 Å². The first-order chi connectivity index (χ1) is 21.8. The number of amides is 1. The number of benzene rings is 2. The topological polar surface area (TPSA) is 192 Å². The van der Waals surface area contributed by atoms with Crippen LogP contribution in [0.4, 0.5) is 42.4 Å². The monoisotopic (exact) mass is 679 g/mol. The van der Waals surface area contributed by atoms with Gasteiger partial charge in [-0.05, 0) is 38.4 Å². The number of aliphatic carboxylic acids is 2. The predicted molar refractivity (Wildman–Crippen MR) is 143 cm³/mol. The fourth-order valence-electron chi connectivity index (χ4n) is 3.19. The Morgan fingerprint density at radius 3 is 2.13 bits per heavy atom. The molecule has 0 radical (unpaired) electrons. The zero-order valence-electron chi connectivity index (χ0n) is 24.1. The van der Waals surface area contributed by atoms with Crippen molar-refractivity contribution in [2.75, 3.05) is 44.9 Å². The highest BCUT2D eigenvalue weighted by atomic mass is 19.4. The molecule has 1 amide bonds. The Labute approximate surface area is 260 Å². The fourth-order valence-corrected chi connectivity index (χ4v) is 3.19. The molecule has 256 valence electrons. The molecule has 2 aromatic carbocycles. The number of alkyl halides is 6. The lowest BCUT2D eigenvalue weighted by molar-refractivity contribution is -0.344. The van der Waals surface area contributed by atoms with Crippen molar-refractivity contribution in [2.45, 2.75) is 18.5 Å². The number of anilines is 2. The number of carbonyl (C=O) groups excluding carboxylic acids is 3. The fraction of sp³-hybridized carbons (Fsp3) is 0.296. The Balaban J connectivity index is 0.000000459. The summed E-state index contributed by atoms with van der Waals surface area (Å²) in [4.78, 5) is 40.3. The van der Waals surface area contributed by atoms with Crippen LogP contribution in [0.5, 0.6) is 17.2 Å². The number of para-hydroxylation sites is 2. The standard InChI is InChI=1S/C23H24FN5O4.2C2HF3O2/c1-29(2)9-10-31-20-11-14(16-7-8-26-23(25)28-16)15(24)12-17(20)27-22(30)21-13-32-18-5-3-4-6-19(18)33-21;2*3-2(4,5)1(6)7/h3-8,11-12,21H,9-10,13H2,1-2H3,(H,27,30)(H2,25,26,28);2*(H,6,7)/p-2. The van der Waals surface area contributed by atoms with E-state index in [-0.39, 0.29) is 29.6 Å². The highest BCUT2D eigenvalue weighted by molar-refractivity contribution is 5.96. The second-order valence-corrected chi connectivity index (χ2v) is 9.20. The SMILES string of the molecule is CN(C)CCOc1cc(-c2ccnc(N)n2)c(F)cc1NC(=O)C1COc2ccccc2O1.O=C([O-])C(F)(F)F.O=C([O-])C(F)(F)F. The van der Waals surface area contributed by atoms with Gasteiger partial charge in [0, 0.05) is 24.4 Å². The predicted octanol–water partition coefficient (Wildman–Crippen LogP) is 1.18. The van der Waals surface area contributed by atoms with E-state index in [2.05, 4.69) is 15.3 Å². The van der Waals surface area contributed by atoms with Crippen LogP contribution in [0.2, 0.25) is 0 Å². The van der Waals surface area contributed by atoms with Crippen molar-refractivity contribution < 1.29 is 69.5 Å². The van der Waals surface area contributed by atoms with E-state index >= 15 is 4.39 Å². The smallest absolute Gasteiger partial charge is 0.430 e. The molecule has 2 heterocycles. The van der Waals surface area contributed by atoms with Gasteiger partial charge in [0.05, 0.1) is 11.4 Å². The molecule has 3 N–H and O–H groups in total. The average Bonchev–Trinajstić information content (AvgIpc) is 2.97. The van der Waals surface area contributed by atoms with Crippen LogP contribution in [0.25, 0.3) is 11.3 Å².